The van der Waals surface area contributed by atoms with Gasteiger partial charge in [0.05, 0.1) is 18.2 Å². The van der Waals surface area contributed by atoms with Crippen LogP contribution in [0.25, 0.3) is 0 Å². The van der Waals surface area contributed by atoms with Crippen molar-refractivity contribution < 1.29 is 14.5 Å². The molecule has 11 nitrogen and oxygen atoms in total. The van der Waals surface area contributed by atoms with Gasteiger partial charge in [-0.15, -0.1) is 5.10 Å². The highest BCUT2D eigenvalue weighted by Gasteiger charge is 2.17. The van der Waals surface area contributed by atoms with Crippen LogP contribution in [0.3, 0.4) is 0 Å². The first kappa shape index (κ1) is 13.2. The van der Waals surface area contributed by atoms with Crippen LogP contribution in [0.4, 0.5) is 11.6 Å². The Bertz CT molecular complexity index is 720. The Hall–Kier alpha value is -3.24. The van der Waals surface area contributed by atoms with Gasteiger partial charge in [0.2, 0.25) is 5.95 Å². The molecule has 2 aromatic rings. The monoisotopic (exact) mass is 280 g/mol. The van der Waals surface area contributed by atoms with Crippen molar-refractivity contribution in [2.75, 3.05) is 12.4 Å². The average molecular weight is 280 g/mol. The molecule has 2 rings (SSSR count). The number of amides is 1. The van der Waals surface area contributed by atoms with Crippen molar-refractivity contribution in [1.29, 1.82) is 0 Å². The van der Waals surface area contributed by atoms with Gasteiger partial charge in [-0.05, 0) is 0 Å². The summed E-state index contributed by atoms with van der Waals surface area (Å²) in [7, 11) is 1.33. The van der Waals surface area contributed by atoms with Crippen LogP contribution in [-0.2, 0) is 0 Å². The number of aromatic nitrogens is 4. The number of H-pyrrole nitrogens is 2. The quantitative estimate of drug-likeness (QED) is 0.510. The lowest BCUT2D eigenvalue weighted by atomic mass is 10.2. The molecule has 0 aliphatic heterocycles. The Morgan fingerprint density at radius 3 is 2.90 bits per heavy atom. The summed E-state index contributed by atoms with van der Waals surface area (Å²) in [5.74, 6) is -0.925. The first-order valence-electron chi connectivity index (χ1n) is 5.16. The van der Waals surface area contributed by atoms with E-state index in [1.807, 2.05) is 0 Å². The van der Waals surface area contributed by atoms with Crippen LogP contribution in [0.15, 0.2) is 17.1 Å². The SMILES string of the molecule is COc1n[nH]c(NC(=O)c2cc([N+](=O)[O-])c[nH]c2=O)n1. The van der Waals surface area contributed by atoms with Crippen LogP contribution in [0.1, 0.15) is 10.4 Å². The van der Waals surface area contributed by atoms with Gasteiger partial charge in [0, 0.05) is 6.07 Å². The Labute approximate surface area is 110 Å². The highest BCUT2D eigenvalue weighted by Crippen LogP contribution is 2.10. The van der Waals surface area contributed by atoms with Gasteiger partial charge < -0.3 is 9.72 Å². The zero-order valence-electron chi connectivity index (χ0n) is 10.0. The van der Waals surface area contributed by atoms with Crippen molar-refractivity contribution in [3.63, 3.8) is 0 Å². The molecule has 1 amide bonds. The van der Waals surface area contributed by atoms with Crippen LogP contribution in [-0.4, -0.2) is 38.1 Å². The summed E-state index contributed by atoms with van der Waals surface area (Å²) < 4.78 is 4.69. The first-order chi connectivity index (χ1) is 9.51. The Balaban J connectivity index is 2.26. The smallest absolute Gasteiger partial charge is 0.336 e. The number of methoxy groups -OCH3 is 1. The van der Waals surface area contributed by atoms with E-state index in [0.717, 1.165) is 12.3 Å². The molecule has 2 heterocycles. The Kier molecular flexibility index (Phi) is 3.41. The lowest BCUT2D eigenvalue weighted by Crippen LogP contribution is -2.23. The largest absolute Gasteiger partial charge is 0.466 e. The Morgan fingerprint density at radius 1 is 1.55 bits per heavy atom. The molecule has 0 radical (unpaired) electrons. The molecule has 0 spiro atoms. The molecule has 0 unspecified atom stereocenters. The van der Waals surface area contributed by atoms with Crippen LogP contribution in [0.5, 0.6) is 6.01 Å². The first-order valence-corrected chi connectivity index (χ1v) is 5.16. The molecular weight excluding hydrogens is 272 g/mol. The van der Waals surface area contributed by atoms with E-state index < -0.39 is 27.6 Å². The van der Waals surface area contributed by atoms with Crippen LogP contribution >= 0.6 is 0 Å². The molecule has 0 aliphatic carbocycles. The summed E-state index contributed by atoms with van der Waals surface area (Å²) in [5.41, 5.74) is -1.60. The highest BCUT2D eigenvalue weighted by molar-refractivity contribution is 6.03. The van der Waals surface area contributed by atoms with Crippen LogP contribution in [0.2, 0.25) is 0 Å². The molecule has 104 valence electrons. The number of rotatable bonds is 4. The lowest BCUT2D eigenvalue weighted by molar-refractivity contribution is -0.385. The van der Waals surface area contributed by atoms with E-state index in [0.29, 0.717) is 0 Å². The number of ether oxygens (including phenoxy) is 1. The maximum Gasteiger partial charge on any atom is 0.336 e. The second kappa shape index (κ2) is 5.17. The van der Waals surface area contributed by atoms with E-state index in [-0.39, 0.29) is 12.0 Å². The van der Waals surface area contributed by atoms with Crippen molar-refractivity contribution in [1.82, 2.24) is 20.2 Å². The van der Waals surface area contributed by atoms with Crippen molar-refractivity contribution >= 4 is 17.5 Å². The zero-order chi connectivity index (χ0) is 14.7. The van der Waals surface area contributed by atoms with E-state index in [4.69, 9.17) is 4.74 Å². The van der Waals surface area contributed by atoms with Crippen molar-refractivity contribution in [3.05, 3.63) is 38.3 Å². The Morgan fingerprint density at radius 2 is 2.30 bits per heavy atom. The standard InChI is InChI=1S/C9H8N6O5/c1-20-9-12-8(13-14-9)11-7(17)5-2-4(15(18)19)3-10-6(5)16/h2-3H,1H3,(H,10,16)(H2,11,12,13,14,17). The second-order valence-corrected chi connectivity index (χ2v) is 3.48. The van der Waals surface area contributed by atoms with Gasteiger partial charge in [-0.25, -0.2) is 5.10 Å². The number of hydrogen-bond donors (Lipinski definition) is 3. The molecule has 0 saturated carbocycles. The summed E-state index contributed by atoms with van der Waals surface area (Å²) in [6.07, 6.45) is 0.899. The number of aromatic amines is 2. The maximum atomic E-state index is 11.8. The van der Waals surface area contributed by atoms with Crippen molar-refractivity contribution in [2.45, 2.75) is 0 Å². The molecule has 0 atom stereocenters. The van der Waals surface area contributed by atoms with Gasteiger partial charge in [0.25, 0.3) is 17.2 Å². The topological polar surface area (TPSA) is 156 Å². The van der Waals surface area contributed by atoms with Gasteiger partial charge in [0.1, 0.15) is 5.56 Å². The van der Waals surface area contributed by atoms with E-state index >= 15 is 0 Å². The molecule has 0 aromatic carbocycles. The third-order valence-electron chi connectivity index (χ3n) is 2.22. The fourth-order valence-corrected chi connectivity index (χ4v) is 1.31. The fourth-order valence-electron chi connectivity index (χ4n) is 1.31. The number of pyridine rings is 1. The van der Waals surface area contributed by atoms with Crippen LogP contribution in [0, 0.1) is 10.1 Å². The predicted octanol–water partition coefficient (Wildman–Crippen LogP) is -0.338. The molecule has 20 heavy (non-hydrogen) atoms. The van der Waals surface area contributed by atoms with E-state index in [1.165, 1.54) is 7.11 Å². The summed E-state index contributed by atoms with van der Waals surface area (Å²) in [6.45, 7) is 0. The van der Waals surface area contributed by atoms with Gasteiger partial charge >= 0.3 is 6.01 Å². The number of nitrogens with one attached hydrogen (secondary N) is 3. The molecule has 3 N–H and O–H groups in total. The van der Waals surface area contributed by atoms with Gasteiger partial charge in [-0.2, -0.15) is 4.98 Å². The maximum absolute atomic E-state index is 11.8. The van der Waals surface area contributed by atoms with Gasteiger partial charge in [-0.3, -0.25) is 25.0 Å². The number of hydrogen-bond acceptors (Lipinski definition) is 7. The molecule has 0 fully saturated rings. The summed E-state index contributed by atoms with van der Waals surface area (Å²) in [4.78, 5) is 39.0. The normalized spacial score (nSPS) is 10.1. The van der Waals surface area contributed by atoms with E-state index in [9.17, 15) is 19.7 Å². The zero-order valence-corrected chi connectivity index (χ0v) is 10.0. The van der Waals surface area contributed by atoms with E-state index in [2.05, 4.69) is 25.5 Å². The highest BCUT2D eigenvalue weighted by atomic mass is 16.6. The fraction of sp³-hybridized carbons (Fsp3) is 0.111. The third-order valence-corrected chi connectivity index (χ3v) is 2.22. The minimum Gasteiger partial charge on any atom is -0.466 e. The minimum absolute atomic E-state index is 0.00625. The molecular formula is C9H8N6O5. The van der Waals surface area contributed by atoms with E-state index in [1.54, 1.807) is 0 Å². The number of nitrogens with zero attached hydrogens (tertiary/aromatic N) is 3. The third kappa shape index (κ3) is 2.60. The molecule has 0 saturated heterocycles. The van der Waals surface area contributed by atoms with Crippen LogP contribution < -0.4 is 15.6 Å². The summed E-state index contributed by atoms with van der Waals surface area (Å²) in [6, 6.07) is 0.857. The second-order valence-electron chi connectivity index (χ2n) is 3.48. The number of nitro groups is 1. The summed E-state index contributed by atoms with van der Waals surface area (Å²) in [5, 5.41) is 18.8. The van der Waals surface area contributed by atoms with Crippen molar-refractivity contribution in [2.24, 2.45) is 0 Å². The minimum atomic E-state index is -0.867. The summed E-state index contributed by atoms with van der Waals surface area (Å²) >= 11 is 0. The predicted molar refractivity (Wildman–Crippen MR) is 64.6 cm³/mol. The number of carbonyl (C=O) groups excluding carboxylic acids is 1. The molecule has 0 aliphatic rings. The number of carbonyl (C=O) groups is 1. The lowest BCUT2D eigenvalue weighted by Gasteiger charge is -2.00. The van der Waals surface area contributed by atoms with Crippen molar-refractivity contribution in [3.8, 4) is 6.01 Å². The molecule has 11 heteroatoms. The van der Waals surface area contributed by atoms with Gasteiger partial charge in [0.15, 0.2) is 0 Å². The molecule has 0 bridgehead atoms. The molecule has 2 aromatic heterocycles. The average Bonchev–Trinajstić information content (AvgIpc) is 2.86. The number of anilines is 1. The van der Waals surface area contributed by atoms with Gasteiger partial charge in [-0.1, -0.05) is 0 Å².